The zero-order valence-electron chi connectivity index (χ0n) is 13.9. The molecule has 0 bridgehead atoms. The molecule has 1 spiro atoms. The Kier molecular flexibility index (Phi) is 4.69. The van der Waals surface area contributed by atoms with Gasteiger partial charge in [0.05, 0.1) is 5.60 Å². The molecule has 1 aromatic carbocycles. The summed E-state index contributed by atoms with van der Waals surface area (Å²) in [7, 11) is 3.72. The van der Waals surface area contributed by atoms with Crippen LogP contribution in [0.1, 0.15) is 37.3 Å². The Labute approximate surface area is 137 Å². The third-order valence-corrected chi connectivity index (χ3v) is 5.09. The first-order chi connectivity index (χ1) is 11.0. The van der Waals surface area contributed by atoms with E-state index in [2.05, 4.69) is 0 Å². The summed E-state index contributed by atoms with van der Waals surface area (Å²) < 4.78 is 19.5. The molecule has 1 atom stereocenters. The van der Waals surface area contributed by atoms with E-state index in [-0.39, 0.29) is 17.3 Å². The minimum Gasteiger partial charge on any atom is -0.375 e. The Morgan fingerprint density at radius 3 is 2.61 bits per heavy atom. The predicted molar refractivity (Wildman–Crippen MR) is 86.6 cm³/mol. The highest BCUT2D eigenvalue weighted by molar-refractivity contribution is 5.83. The van der Waals surface area contributed by atoms with Gasteiger partial charge in [-0.15, -0.1) is 0 Å². The Hall–Kier alpha value is -1.46. The van der Waals surface area contributed by atoms with Crippen LogP contribution in [0, 0.1) is 5.82 Å². The van der Waals surface area contributed by atoms with E-state index >= 15 is 0 Å². The Bertz CT molecular complexity index is 560. The Morgan fingerprint density at radius 1 is 1.30 bits per heavy atom. The second-order valence-corrected chi connectivity index (χ2v) is 6.88. The molecule has 126 valence electrons. The van der Waals surface area contributed by atoms with E-state index < -0.39 is 6.04 Å². The van der Waals surface area contributed by atoms with E-state index in [0.29, 0.717) is 5.56 Å². The van der Waals surface area contributed by atoms with Crippen molar-refractivity contribution in [2.24, 2.45) is 0 Å². The molecule has 5 heteroatoms. The van der Waals surface area contributed by atoms with Crippen LogP contribution in [-0.2, 0) is 9.53 Å². The van der Waals surface area contributed by atoms with Crippen LogP contribution in [0.5, 0.6) is 0 Å². The molecule has 1 aromatic rings. The monoisotopic (exact) mass is 320 g/mol. The number of hydrogen-bond acceptors (Lipinski definition) is 3. The van der Waals surface area contributed by atoms with Gasteiger partial charge in [-0.1, -0.05) is 12.1 Å². The molecular formula is C18H25FN2O2. The van der Waals surface area contributed by atoms with Crippen LogP contribution in [0.4, 0.5) is 4.39 Å². The minimum absolute atomic E-state index is 0.00322. The smallest absolute Gasteiger partial charge is 0.244 e. The summed E-state index contributed by atoms with van der Waals surface area (Å²) in [5.41, 5.74) is 0.709. The number of hydrogen-bond donors (Lipinski definition) is 0. The van der Waals surface area contributed by atoms with Crippen molar-refractivity contribution in [3.05, 3.63) is 35.6 Å². The van der Waals surface area contributed by atoms with Crippen molar-refractivity contribution in [2.45, 2.75) is 37.3 Å². The third kappa shape index (κ3) is 3.40. The second-order valence-electron chi connectivity index (χ2n) is 6.88. The molecule has 23 heavy (non-hydrogen) atoms. The topological polar surface area (TPSA) is 32.8 Å². The predicted octanol–water partition coefficient (Wildman–Crippen LogP) is 2.60. The molecule has 0 saturated carbocycles. The van der Waals surface area contributed by atoms with Crippen molar-refractivity contribution < 1.29 is 13.9 Å². The van der Waals surface area contributed by atoms with Crippen LogP contribution in [0.15, 0.2) is 24.3 Å². The molecule has 0 aromatic heterocycles. The minimum atomic E-state index is -0.441. The molecule has 2 saturated heterocycles. The SMILES string of the molecule is CN(C)C(C(=O)N1CCC2(CCCO2)CC1)c1cccc(F)c1. The number of amides is 1. The van der Waals surface area contributed by atoms with E-state index in [1.54, 1.807) is 6.07 Å². The summed E-state index contributed by atoms with van der Waals surface area (Å²) in [5.74, 6) is -0.257. The van der Waals surface area contributed by atoms with Gasteiger partial charge in [0, 0.05) is 19.7 Å². The third-order valence-electron chi connectivity index (χ3n) is 5.09. The van der Waals surface area contributed by atoms with Crippen molar-refractivity contribution in [1.82, 2.24) is 9.80 Å². The number of likely N-dealkylation sites (N-methyl/N-ethyl adjacent to an activating group) is 1. The summed E-state index contributed by atoms with van der Waals surface area (Å²) in [5, 5.41) is 0. The fourth-order valence-electron chi connectivity index (χ4n) is 3.80. The number of benzene rings is 1. The number of ether oxygens (including phenoxy) is 1. The van der Waals surface area contributed by atoms with Crippen molar-refractivity contribution in [1.29, 1.82) is 0 Å². The van der Waals surface area contributed by atoms with Crippen LogP contribution in [0.3, 0.4) is 0 Å². The average molecular weight is 320 g/mol. The van der Waals surface area contributed by atoms with Crippen LogP contribution in [0.25, 0.3) is 0 Å². The van der Waals surface area contributed by atoms with E-state index in [1.807, 2.05) is 30.0 Å². The fourth-order valence-corrected chi connectivity index (χ4v) is 3.80. The highest BCUT2D eigenvalue weighted by atomic mass is 19.1. The summed E-state index contributed by atoms with van der Waals surface area (Å²) >= 11 is 0. The quantitative estimate of drug-likeness (QED) is 0.858. The van der Waals surface area contributed by atoms with Crippen molar-refractivity contribution in [3.8, 4) is 0 Å². The van der Waals surface area contributed by atoms with E-state index in [9.17, 15) is 9.18 Å². The maximum absolute atomic E-state index is 13.5. The van der Waals surface area contributed by atoms with Gasteiger partial charge in [-0.3, -0.25) is 9.69 Å². The molecule has 1 amide bonds. The number of piperidine rings is 1. The number of likely N-dealkylation sites (tertiary alicyclic amines) is 1. The first-order valence-electron chi connectivity index (χ1n) is 8.35. The van der Waals surface area contributed by atoms with Gasteiger partial charge < -0.3 is 9.64 Å². The summed E-state index contributed by atoms with van der Waals surface area (Å²) in [6.45, 7) is 2.29. The summed E-state index contributed by atoms with van der Waals surface area (Å²) in [4.78, 5) is 16.7. The van der Waals surface area contributed by atoms with Gasteiger partial charge in [0.15, 0.2) is 0 Å². The van der Waals surface area contributed by atoms with Crippen LogP contribution >= 0.6 is 0 Å². The van der Waals surface area contributed by atoms with E-state index in [1.165, 1.54) is 12.1 Å². The van der Waals surface area contributed by atoms with Crippen LogP contribution in [-0.4, -0.2) is 55.1 Å². The summed E-state index contributed by atoms with van der Waals surface area (Å²) in [6, 6.07) is 5.89. The van der Waals surface area contributed by atoms with Gasteiger partial charge >= 0.3 is 0 Å². The zero-order valence-corrected chi connectivity index (χ0v) is 13.9. The van der Waals surface area contributed by atoms with Gasteiger partial charge in [-0.2, -0.15) is 0 Å². The lowest BCUT2D eigenvalue weighted by Gasteiger charge is -2.40. The average Bonchev–Trinajstić information content (AvgIpc) is 2.96. The molecule has 2 heterocycles. The van der Waals surface area contributed by atoms with Crippen molar-refractivity contribution >= 4 is 5.91 Å². The molecule has 2 aliphatic heterocycles. The van der Waals surface area contributed by atoms with Crippen LogP contribution < -0.4 is 0 Å². The lowest BCUT2D eigenvalue weighted by molar-refractivity contribution is -0.141. The molecular weight excluding hydrogens is 295 g/mol. The lowest BCUT2D eigenvalue weighted by atomic mass is 9.88. The molecule has 2 aliphatic rings. The van der Waals surface area contributed by atoms with E-state index in [4.69, 9.17) is 4.74 Å². The van der Waals surface area contributed by atoms with Gasteiger partial charge in [0.25, 0.3) is 0 Å². The van der Waals surface area contributed by atoms with Gasteiger partial charge in [-0.05, 0) is 57.5 Å². The van der Waals surface area contributed by atoms with Gasteiger partial charge in [0.1, 0.15) is 11.9 Å². The summed E-state index contributed by atoms with van der Waals surface area (Å²) in [6.07, 6.45) is 4.04. The number of carbonyl (C=O) groups excluding carboxylic acids is 1. The highest BCUT2D eigenvalue weighted by Crippen LogP contribution is 2.36. The molecule has 2 fully saturated rings. The zero-order chi connectivity index (χ0) is 16.4. The lowest BCUT2D eigenvalue weighted by Crippen LogP contribution is -2.49. The van der Waals surface area contributed by atoms with Gasteiger partial charge in [-0.25, -0.2) is 4.39 Å². The molecule has 3 rings (SSSR count). The van der Waals surface area contributed by atoms with Gasteiger partial charge in [0.2, 0.25) is 5.91 Å². The van der Waals surface area contributed by atoms with E-state index in [0.717, 1.165) is 45.4 Å². The molecule has 0 N–H and O–H groups in total. The first-order valence-corrected chi connectivity index (χ1v) is 8.35. The van der Waals surface area contributed by atoms with Crippen molar-refractivity contribution in [2.75, 3.05) is 33.8 Å². The molecule has 0 radical (unpaired) electrons. The highest BCUT2D eigenvalue weighted by Gasteiger charge is 2.40. The maximum Gasteiger partial charge on any atom is 0.244 e. The number of nitrogens with zero attached hydrogens (tertiary/aromatic N) is 2. The molecule has 0 aliphatic carbocycles. The molecule has 4 nitrogen and oxygen atoms in total. The fraction of sp³-hybridized carbons (Fsp3) is 0.611. The second kappa shape index (κ2) is 6.57. The standard InChI is InChI=1S/C18H25FN2O2/c1-20(2)16(14-5-3-6-15(19)13-14)17(22)21-10-8-18(9-11-21)7-4-12-23-18/h3,5-6,13,16H,4,7-12H2,1-2H3. The first kappa shape index (κ1) is 16.4. The normalized spacial score (nSPS) is 21.8. The number of halogens is 1. The van der Waals surface area contributed by atoms with Crippen molar-refractivity contribution in [3.63, 3.8) is 0 Å². The number of carbonyl (C=O) groups is 1. The maximum atomic E-state index is 13.5. The molecule has 1 unspecified atom stereocenters. The van der Waals surface area contributed by atoms with Crippen LogP contribution in [0.2, 0.25) is 0 Å². The number of rotatable bonds is 3. The Morgan fingerprint density at radius 2 is 2.04 bits per heavy atom. The Balaban J connectivity index is 1.72. The largest absolute Gasteiger partial charge is 0.375 e.